The zero-order valence-electron chi connectivity index (χ0n) is 9.64. The first-order valence-corrected chi connectivity index (χ1v) is 6.65. The summed E-state index contributed by atoms with van der Waals surface area (Å²) in [5, 5.41) is 0. The summed E-state index contributed by atoms with van der Waals surface area (Å²) in [7, 11) is 0. The van der Waals surface area contributed by atoms with Crippen LogP contribution in [-0.2, 0) is 14.2 Å². The molecule has 0 spiro atoms. The number of hydrogen-bond acceptors (Lipinski definition) is 3. The van der Waals surface area contributed by atoms with Gasteiger partial charge in [-0.3, -0.25) is 0 Å². The van der Waals surface area contributed by atoms with Gasteiger partial charge in [0.15, 0.2) is 5.79 Å². The molecule has 0 bridgehead atoms. The van der Waals surface area contributed by atoms with Crippen LogP contribution < -0.4 is 0 Å². The van der Waals surface area contributed by atoms with Crippen LogP contribution in [0.2, 0.25) is 0 Å². The molecule has 1 aromatic carbocycles. The van der Waals surface area contributed by atoms with Crippen LogP contribution in [0.5, 0.6) is 0 Å². The molecule has 4 rings (SSSR count). The van der Waals surface area contributed by atoms with Crippen LogP contribution in [-0.4, -0.2) is 18.0 Å². The second kappa shape index (κ2) is 3.12. The highest BCUT2D eigenvalue weighted by Gasteiger charge is 2.60. The quantitative estimate of drug-likeness (QED) is 0.689. The first-order valence-electron chi connectivity index (χ1n) is 5.86. The Labute approximate surface area is 108 Å². The summed E-state index contributed by atoms with van der Waals surface area (Å²) < 4.78 is 18.8. The molecule has 4 heteroatoms. The minimum Gasteiger partial charge on any atom is -0.362 e. The molecule has 90 valence electrons. The summed E-state index contributed by atoms with van der Waals surface area (Å²) in [6.45, 7) is 3.92. The van der Waals surface area contributed by atoms with E-state index in [9.17, 15) is 0 Å². The maximum atomic E-state index is 6.01. The summed E-state index contributed by atoms with van der Waals surface area (Å²) in [5.41, 5.74) is 2.45. The predicted molar refractivity (Wildman–Crippen MR) is 64.5 cm³/mol. The molecule has 2 fully saturated rings. The summed E-state index contributed by atoms with van der Waals surface area (Å²) in [6.07, 6.45) is 0.422. The number of hydrogen-bond donors (Lipinski definition) is 0. The van der Waals surface area contributed by atoms with E-state index in [4.69, 9.17) is 14.2 Å². The van der Waals surface area contributed by atoms with E-state index < -0.39 is 5.79 Å². The second-order valence-corrected chi connectivity index (χ2v) is 6.23. The maximum Gasteiger partial charge on any atom is 0.164 e. The van der Waals surface area contributed by atoms with Crippen molar-refractivity contribution in [2.45, 2.75) is 44.1 Å². The molecule has 17 heavy (non-hydrogen) atoms. The molecule has 0 saturated carbocycles. The molecular formula is C13H13BrO3. The Bertz CT molecular complexity index is 499. The van der Waals surface area contributed by atoms with Crippen molar-refractivity contribution in [2.24, 2.45) is 0 Å². The topological polar surface area (TPSA) is 31.0 Å². The first-order chi connectivity index (χ1) is 8.05. The Balaban J connectivity index is 1.85. The van der Waals surface area contributed by atoms with E-state index in [2.05, 4.69) is 34.1 Å². The Morgan fingerprint density at radius 1 is 1.06 bits per heavy atom. The molecule has 2 heterocycles. The van der Waals surface area contributed by atoms with Crippen molar-refractivity contribution >= 4 is 15.9 Å². The second-order valence-electron chi connectivity index (χ2n) is 5.32. The third kappa shape index (κ3) is 1.45. The third-order valence-corrected chi connectivity index (χ3v) is 4.13. The van der Waals surface area contributed by atoms with Crippen LogP contribution in [0, 0.1) is 0 Å². The van der Waals surface area contributed by atoms with E-state index in [1.54, 1.807) is 0 Å². The van der Waals surface area contributed by atoms with Crippen LogP contribution in [0.1, 0.15) is 37.2 Å². The fraction of sp³-hybridized carbons (Fsp3) is 0.538. The minimum atomic E-state index is -0.518. The van der Waals surface area contributed by atoms with Crippen LogP contribution in [0.25, 0.3) is 0 Å². The number of benzene rings is 1. The van der Waals surface area contributed by atoms with Gasteiger partial charge in [0.2, 0.25) is 0 Å². The van der Waals surface area contributed by atoms with Crippen molar-refractivity contribution in [3.8, 4) is 0 Å². The van der Waals surface area contributed by atoms with Crippen molar-refractivity contribution < 1.29 is 14.2 Å². The van der Waals surface area contributed by atoms with E-state index in [1.165, 1.54) is 11.1 Å². The monoisotopic (exact) mass is 296 g/mol. The molecule has 1 aromatic rings. The number of halogens is 1. The zero-order chi connectivity index (χ0) is 11.8. The van der Waals surface area contributed by atoms with E-state index >= 15 is 0 Å². The van der Waals surface area contributed by atoms with E-state index in [-0.39, 0.29) is 24.4 Å². The van der Waals surface area contributed by atoms with Gasteiger partial charge in [-0.05, 0) is 37.1 Å². The van der Waals surface area contributed by atoms with Gasteiger partial charge in [0.25, 0.3) is 0 Å². The van der Waals surface area contributed by atoms with Gasteiger partial charge in [-0.1, -0.05) is 22.0 Å². The smallest absolute Gasteiger partial charge is 0.164 e. The molecule has 2 saturated heterocycles. The van der Waals surface area contributed by atoms with Gasteiger partial charge < -0.3 is 14.2 Å². The Morgan fingerprint density at radius 3 is 2.71 bits per heavy atom. The molecule has 0 unspecified atom stereocenters. The number of ether oxygens (including phenoxy) is 3. The van der Waals surface area contributed by atoms with Crippen LogP contribution in [0.15, 0.2) is 22.7 Å². The number of rotatable bonds is 0. The summed E-state index contributed by atoms with van der Waals surface area (Å²) in [6, 6.07) is 6.30. The third-order valence-electron chi connectivity index (χ3n) is 3.64. The molecule has 0 amide bonds. The van der Waals surface area contributed by atoms with E-state index in [0.717, 1.165) is 4.47 Å². The van der Waals surface area contributed by atoms with Gasteiger partial charge in [-0.25, -0.2) is 0 Å². The normalized spacial score (nSPS) is 40.4. The zero-order valence-corrected chi connectivity index (χ0v) is 11.2. The van der Waals surface area contributed by atoms with Crippen molar-refractivity contribution in [1.29, 1.82) is 0 Å². The van der Waals surface area contributed by atoms with Gasteiger partial charge in [0.05, 0.1) is 0 Å². The van der Waals surface area contributed by atoms with Crippen LogP contribution in [0.4, 0.5) is 0 Å². The summed E-state index contributed by atoms with van der Waals surface area (Å²) >= 11 is 3.51. The van der Waals surface area contributed by atoms with Gasteiger partial charge in [0.1, 0.15) is 24.4 Å². The lowest BCUT2D eigenvalue weighted by Gasteiger charge is -2.22. The van der Waals surface area contributed by atoms with Crippen LogP contribution >= 0.6 is 15.9 Å². The summed E-state index contributed by atoms with van der Waals surface area (Å²) in [4.78, 5) is 0. The fourth-order valence-corrected chi connectivity index (χ4v) is 3.32. The molecule has 0 N–H and O–H groups in total. The minimum absolute atomic E-state index is 0.00116. The molecular weight excluding hydrogens is 284 g/mol. The van der Waals surface area contributed by atoms with E-state index in [1.807, 2.05) is 13.8 Å². The van der Waals surface area contributed by atoms with Gasteiger partial charge in [-0.2, -0.15) is 0 Å². The SMILES string of the molecule is CC1(C)O[C@H]2[C@@H]3O[C@@H]3c3ccc(Br)cc3[C@H]2O1. The van der Waals surface area contributed by atoms with Crippen molar-refractivity contribution in [3.05, 3.63) is 33.8 Å². The Hall–Kier alpha value is -0.420. The molecule has 2 aliphatic heterocycles. The highest BCUT2D eigenvalue weighted by molar-refractivity contribution is 9.10. The number of fused-ring (bicyclic) bond motifs is 6. The lowest BCUT2D eigenvalue weighted by Crippen LogP contribution is -2.27. The highest BCUT2D eigenvalue weighted by Crippen LogP contribution is 2.57. The Morgan fingerprint density at radius 2 is 1.88 bits per heavy atom. The van der Waals surface area contributed by atoms with Crippen LogP contribution in [0.3, 0.4) is 0 Å². The molecule has 4 atom stereocenters. The first kappa shape index (κ1) is 10.5. The highest BCUT2D eigenvalue weighted by atomic mass is 79.9. The van der Waals surface area contributed by atoms with E-state index in [0.29, 0.717) is 0 Å². The molecule has 0 aromatic heterocycles. The molecule has 3 aliphatic rings. The molecule has 3 nitrogen and oxygen atoms in total. The largest absolute Gasteiger partial charge is 0.362 e. The van der Waals surface area contributed by atoms with Gasteiger partial charge in [0, 0.05) is 4.47 Å². The fourth-order valence-electron chi connectivity index (χ4n) is 2.94. The predicted octanol–water partition coefficient (Wildman–Crippen LogP) is 3.10. The maximum absolute atomic E-state index is 6.01. The lowest BCUT2D eigenvalue weighted by molar-refractivity contribution is -0.148. The van der Waals surface area contributed by atoms with Crippen molar-refractivity contribution in [2.75, 3.05) is 0 Å². The Kier molecular flexibility index (Phi) is 1.93. The average Bonchev–Trinajstić information content (AvgIpc) is 2.96. The molecule has 1 aliphatic carbocycles. The number of epoxide rings is 1. The van der Waals surface area contributed by atoms with Gasteiger partial charge >= 0.3 is 0 Å². The van der Waals surface area contributed by atoms with Crippen molar-refractivity contribution in [1.82, 2.24) is 0 Å². The lowest BCUT2D eigenvalue weighted by atomic mass is 9.88. The molecule has 0 radical (unpaired) electrons. The standard InChI is InChI=1S/C13H13BrO3/c1-13(2)16-10-8-5-6(14)3-4-7(8)9-11(15-9)12(10)17-13/h3-5,9-12H,1-2H3/t9-,10-,11-,12-/m1/s1. The van der Waals surface area contributed by atoms with Crippen molar-refractivity contribution in [3.63, 3.8) is 0 Å². The average molecular weight is 297 g/mol. The summed E-state index contributed by atoms with van der Waals surface area (Å²) in [5.74, 6) is -0.518. The van der Waals surface area contributed by atoms with Gasteiger partial charge in [-0.15, -0.1) is 0 Å².